The standard InChI is InChI=1S/C18H17N3O6/c19-17(23)15(10-16(22)27-11-12-5-2-1-3-6-12)20-18(24)13-7-4-8-14(9-13)21(25)26/h1-9,15H,10-11H2,(H2,19,23)(H,20,24)/t15-/m0/s1. The summed E-state index contributed by atoms with van der Waals surface area (Å²) in [6.07, 6.45) is -0.456. The summed E-state index contributed by atoms with van der Waals surface area (Å²) in [6, 6.07) is 12.6. The van der Waals surface area contributed by atoms with Gasteiger partial charge in [0.05, 0.1) is 11.3 Å². The number of nitro groups is 1. The molecule has 0 aliphatic heterocycles. The molecule has 0 aromatic heterocycles. The van der Waals surface area contributed by atoms with Gasteiger partial charge in [0, 0.05) is 17.7 Å². The normalized spacial score (nSPS) is 11.3. The third-order valence-electron chi connectivity index (χ3n) is 3.58. The molecule has 140 valence electrons. The summed E-state index contributed by atoms with van der Waals surface area (Å²) < 4.78 is 5.06. The van der Waals surface area contributed by atoms with Crippen molar-refractivity contribution in [1.29, 1.82) is 0 Å². The van der Waals surface area contributed by atoms with Crippen LogP contribution in [-0.4, -0.2) is 28.7 Å². The Morgan fingerprint density at radius 1 is 1.11 bits per heavy atom. The zero-order valence-corrected chi connectivity index (χ0v) is 14.2. The first kappa shape index (κ1) is 19.6. The number of carbonyl (C=O) groups excluding carboxylic acids is 3. The molecule has 0 fully saturated rings. The number of esters is 1. The summed E-state index contributed by atoms with van der Waals surface area (Å²) in [6.45, 7) is 0.0178. The fourth-order valence-electron chi connectivity index (χ4n) is 2.19. The number of hydrogen-bond acceptors (Lipinski definition) is 6. The molecule has 0 saturated heterocycles. The zero-order chi connectivity index (χ0) is 19.8. The number of nitro benzene ring substituents is 1. The van der Waals surface area contributed by atoms with Crippen LogP contribution in [-0.2, 0) is 20.9 Å². The predicted molar refractivity (Wildman–Crippen MR) is 94.4 cm³/mol. The van der Waals surface area contributed by atoms with Gasteiger partial charge in [0.1, 0.15) is 12.6 Å². The maximum absolute atomic E-state index is 12.2. The van der Waals surface area contributed by atoms with Gasteiger partial charge in [-0.1, -0.05) is 36.4 Å². The van der Waals surface area contributed by atoms with Crippen LogP contribution >= 0.6 is 0 Å². The molecule has 0 radical (unpaired) electrons. The molecule has 9 heteroatoms. The largest absolute Gasteiger partial charge is 0.461 e. The van der Waals surface area contributed by atoms with Crippen LogP contribution in [0.2, 0.25) is 0 Å². The van der Waals surface area contributed by atoms with E-state index in [0.29, 0.717) is 0 Å². The molecule has 0 bridgehead atoms. The molecule has 9 nitrogen and oxygen atoms in total. The van der Waals surface area contributed by atoms with Crippen LogP contribution in [0.4, 0.5) is 5.69 Å². The first-order valence-corrected chi connectivity index (χ1v) is 7.91. The van der Waals surface area contributed by atoms with E-state index in [4.69, 9.17) is 10.5 Å². The van der Waals surface area contributed by atoms with Crippen molar-refractivity contribution >= 4 is 23.5 Å². The van der Waals surface area contributed by atoms with E-state index in [1.807, 2.05) is 6.07 Å². The molecule has 2 aromatic carbocycles. The summed E-state index contributed by atoms with van der Waals surface area (Å²) >= 11 is 0. The van der Waals surface area contributed by atoms with Gasteiger partial charge in [0.15, 0.2) is 0 Å². The second-order valence-electron chi connectivity index (χ2n) is 5.59. The van der Waals surface area contributed by atoms with Crippen molar-refractivity contribution in [3.05, 3.63) is 75.8 Å². The van der Waals surface area contributed by atoms with Crippen molar-refractivity contribution < 1.29 is 24.0 Å². The average Bonchev–Trinajstić information content (AvgIpc) is 2.66. The minimum Gasteiger partial charge on any atom is -0.461 e. The fourth-order valence-corrected chi connectivity index (χ4v) is 2.19. The molecule has 27 heavy (non-hydrogen) atoms. The van der Waals surface area contributed by atoms with E-state index in [1.165, 1.54) is 18.2 Å². The lowest BCUT2D eigenvalue weighted by molar-refractivity contribution is -0.384. The molecule has 3 N–H and O–H groups in total. The van der Waals surface area contributed by atoms with E-state index < -0.39 is 35.2 Å². The lowest BCUT2D eigenvalue weighted by Crippen LogP contribution is -2.45. The molecule has 0 aliphatic carbocycles. The SMILES string of the molecule is NC(=O)[C@H](CC(=O)OCc1ccccc1)NC(=O)c1cccc([N+](=O)[O-])c1. The van der Waals surface area contributed by atoms with Crippen LogP contribution in [0.5, 0.6) is 0 Å². The molecule has 2 aromatic rings. The van der Waals surface area contributed by atoms with Crippen molar-refractivity contribution in [2.45, 2.75) is 19.1 Å². The van der Waals surface area contributed by atoms with Gasteiger partial charge in [-0.15, -0.1) is 0 Å². The Bertz CT molecular complexity index is 853. The Balaban J connectivity index is 1.97. The van der Waals surface area contributed by atoms with Gasteiger partial charge < -0.3 is 15.8 Å². The number of nitrogens with two attached hydrogens (primary N) is 1. The summed E-state index contributed by atoms with van der Waals surface area (Å²) in [4.78, 5) is 45.8. The van der Waals surface area contributed by atoms with Gasteiger partial charge in [-0.2, -0.15) is 0 Å². The van der Waals surface area contributed by atoms with E-state index >= 15 is 0 Å². The monoisotopic (exact) mass is 371 g/mol. The summed E-state index contributed by atoms with van der Waals surface area (Å²) in [7, 11) is 0. The highest BCUT2D eigenvalue weighted by Gasteiger charge is 2.23. The summed E-state index contributed by atoms with van der Waals surface area (Å²) in [5.74, 6) is -2.41. The number of primary amides is 1. The molecule has 0 aliphatic rings. The van der Waals surface area contributed by atoms with Crippen molar-refractivity contribution in [2.75, 3.05) is 0 Å². The molecular weight excluding hydrogens is 354 g/mol. The third kappa shape index (κ3) is 5.92. The lowest BCUT2D eigenvalue weighted by atomic mass is 10.1. The summed E-state index contributed by atoms with van der Waals surface area (Å²) in [5.41, 5.74) is 5.68. The van der Waals surface area contributed by atoms with Crippen molar-refractivity contribution in [3.8, 4) is 0 Å². The Labute approximate surface area is 154 Å². The van der Waals surface area contributed by atoms with Gasteiger partial charge in [0.2, 0.25) is 5.91 Å². The van der Waals surface area contributed by atoms with Crippen molar-refractivity contribution in [1.82, 2.24) is 5.32 Å². The molecule has 0 unspecified atom stereocenters. The molecular formula is C18H17N3O6. The molecule has 1 atom stereocenters. The smallest absolute Gasteiger partial charge is 0.308 e. The maximum Gasteiger partial charge on any atom is 0.308 e. The second-order valence-corrected chi connectivity index (χ2v) is 5.59. The molecule has 2 amide bonds. The highest BCUT2D eigenvalue weighted by molar-refractivity contribution is 5.98. The number of ether oxygens (including phenoxy) is 1. The number of benzene rings is 2. The number of carbonyl (C=O) groups is 3. The number of amides is 2. The van der Waals surface area contributed by atoms with Crippen LogP contribution in [0.25, 0.3) is 0 Å². The molecule has 0 heterocycles. The van der Waals surface area contributed by atoms with Crippen LogP contribution in [0.1, 0.15) is 22.3 Å². The number of rotatable bonds is 8. The zero-order valence-electron chi connectivity index (χ0n) is 14.2. The minimum absolute atomic E-state index is 0.0178. The Morgan fingerprint density at radius 3 is 2.44 bits per heavy atom. The van der Waals surface area contributed by atoms with E-state index in [-0.39, 0.29) is 17.9 Å². The number of non-ortho nitro benzene ring substituents is 1. The highest BCUT2D eigenvalue weighted by atomic mass is 16.6. The number of nitrogens with one attached hydrogen (secondary N) is 1. The van der Waals surface area contributed by atoms with E-state index in [1.54, 1.807) is 24.3 Å². The van der Waals surface area contributed by atoms with Crippen LogP contribution < -0.4 is 11.1 Å². The first-order chi connectivity index (χ1) is 12.9. The topological polar surface area (TPSA) is 142 Å². The van der Waals surface area contributed by atoms with E-state index in [0.717, 1.165) is 11.6 Å². The van der Waals surface area contributed by atoms with Gasteiger partial charge in [-0.3, -0.25) is 24.5 Å². The van der Waals surface area contributed by atoms with Gasteiger partial charge in [-0.05, 0) is 11.6 Å². The second kappa shape index (κ2) is 9.09. The van der Waals surface area contributed by atoms with Crippen LogP contribution in [0, 0.1) is 10.1 Å². The number of nitrogens with zero attached hydrogens (tertiary/aromatic N) is 1. The fraction of sp³-hybridized carbons (Fsp3) is 0.167. The molecule has 0 spiro atoms. The van der Waals surface area contributed by atoms with Gasteiger partial charge in [-0.25, -0.2) is 0 Å². The first-order valence-electron chi connectivity index (χ1n) is 7.91. The average molecular weight is 371 g/mol. The summed E-state index contributed by atoms with van der Waals surface area (Å²) in [5, 5.41) is 13.1. The van der Waals surface area contributed by atoms with E-state index in [2.05, 4.69) is 5.32 Å². The third-order valence-corrected chi connectivity index (χ3v) is 3.58. The predicted octanol–water partition coefficient (Wildman–Crippen LogP) is 1.31. The lowest BCUT2D eigenvalue weighted by Gasteiger charge is -2.15. The Kier molecular flexibility index (Phi) is 6.59. The van der Waals surface area contributed by atoms with Crippen molar-refractivity contribution in [2.24, 2.45) is 5.73 Å². The van der Waals surface area contributed by atoms with E-state index in [9.17, 15) is 24.5 Å². The Morgan fingerprint density at radius 2 is 1.81 bits per heavy atom. The highest BCUT2D eigenvalue weighted by Crippen LogP contribution is 2.13. The molecule has 0 saturated carbocycles. The number of hydrogen-bond donors (Lipinski definition) is 2. The van der Waals surface area contributed by atoms with Gasteiger partial charge >= 0.3 is 5.97 Å². The minimum atomic E-state index is -1.31. The van der Waals surface area contributed by atoms with Crippen molar-refractivity contribution in [3.63, 3.8) is 0 Å². The quantitative estimate of drug-likeness (QED) is 0.407. The van der Waals surface area contributed by atoms with Crippen LogP contribution in [0.15, 0.2) is 54.6 Å². The molecule has 2 rings (SSSR count). The maximum atomic E-state index is 12.2. The van der Waals surface area contributed by atoms with Crippen LogP contribution in [0.3, 0.4) is 0 Å². The van der Waals surface area contributed by atoms with Gasteiger partial charge in [0.25, 0.3) is 11.6 Å². The Hall–Kier alpha value is -3.75.